The molecule has 0 saturated heterocycles. The van der Waals surface area contributed by atoms with E-state index in [2.05, 4.69) is 21.4 Å². The van der Waals surface area contributed by atoms with Gasteiger partial charge in [-0.2, -0.15) is 13.2 Å². The predicted octanol–water partition coefficient (Wildman–Crippen LogP) is 3.41. The summed E-state index contributed by atoms with van der Waals surface area (Å²) in [4.78, 5) is 17.8. The first-order valence-corrected chi connectivity index (χ1v) is 6.08. The van der Waals surface area contributed by atoms with Gasteiger partial charge in [0.15, 0.2) is 6.61 Å². The number of carbonyl (C=O) groups is 1. The first kappa shape index (κ1) is 18.3. The first-order chi connectivity index (χ1) is 10.6. The Morgan fingerprint density at radius 2 is 2.09 bits per heavy atom. The molecule has 124 valence electrons. The normalized spacial score (nSPS) is 12.9. The molecule has 1 rings (SSSR count). The van der Waals surface area contributed by atoms with E-state index in [4.69, 9.17) is 5.11 Å². The molecule has 1 aromatic rings. The molecule has 23 heavy (non-hydrogen) atoms. The zero-order chi connectivity index (χ0) is 17.6. The van der Waals surface area contributed by atoms with E-state index in [0.29, 0.717) is 0 Å². The summed E-state index contributed by atoms with van der Waals surface area (Å²) in [6.07, 6.45) is -3.68. The summed E-state index contributed by atoms with van der Waals surface area (Å²) in [5, 5.41) is 8.73. The lowest BCUT2D eigenvalue weighted by molar-refractivity contribution is -0.165. The van der Waals surface area contributed by atoms with E-state index in [1.807, 2.05) is 0 Å². The monoisotopic (exact) mass is 332 g/mol. The van der Waals surface area contributed by atoms with Crippen LogP contribution in [0.25, 0.3) is 0 Å². The molecule has 0 radical (unpaired) electrons. The predicted molar refractivity (Wildman–Crippen MR) is 75.2 cm³/mol. The Morgan fingerprint density at radius 3 is 2.57 bits per heavy atom. The van der Waals surface area contributed by atoms with E-state index < -0.39 is 36.0 Å². The zero-order valence-electron chi connectivity index (χ0n) is 11.9. The van der Waals surface area contributed by atoms with Crippen molar-refractivity contribution < 1.29 is 32.2 Å². The smallest absolute Gasteiger partial charge is 0.422 e. The van der Waals surface area contributed by atoms with Crippen molar-refractivity contribution in [2.24, 2.45) is 9.98 Å². The summed E-state index contributed by atoms with van der Waals surface area (Å²) < 4.78 is 54.5. The Morgan fingerprint density at radius 1 is 1.43 bits per heavy atom. The van der Waals surface area contributed by atoms with Crippen molar-refractivity contribution in [2.45, 2.75) is 13.1 Å². The summed E-state index contributed by atoms with van der Waals surface area (Å²) in [5.41, 5.74) is -0.241. The van der Waals surface area contributed by atoms with Crippen LogP contribution >= 0.6 is 0 Å². The lowest BCUT2D eigenvalue weighted by Gasteiger charge is -2.10. The van der Waals surface area contributed by atoms with Crippen LogP contribution in [0.5, 0.6) is 0 Å². The molecule has 1 aromatic carbocycles. The molecule has 0 atom stereocenters. The molecule has 0 unspecified atom stereocenters. The molecule has 0 amide bonds. The third-order valence-electron chi connectivity index (χ3n) is 2.48. The molecule has 1 N–H and O–H groups in total. The van der Waals surface area contributed by atoms with Crippen molar-refractivity contribution in [3.8, 4) is 0 Å². The third kappa shape index (κ3) is 5.89. The number of aliphatic imine (C=N–C) groups is 2. The largest absolute Gasteiger partial charge is 0.478 e. The molecule has 0 aliphatic carbocycles. The highest BCUT2D eigenvalue weighted by Crippen LogP contribution is 2.18. The van der Waals surface area contributed by atoms with Gasteiger partial charge in [0.1, 0.15) is 5.82 Å². The summed E-state index contributed by atoms with van der Waals surface area (Å²) in [6.45, 7) is 2.91. The van der Waals surface area contributed by atoms with E-state index in [-0.39, 0.29) is 11.3 Å². The summed E-state index contributed by atoms with van der Waals surface area (Å²) >= 11 is 0. The maximum absolute atomic E-state index is 13.6. The van der Waals surface area contributed by atoms with E-state index in [1.165, 1.54) is 13.0 Å². The van der Waals surface area contributed by atoms with Crippen molar-refractivity contribution in [1.29, 1.82) is 0 Å². The number of aromatic carboxylic acids is 1. The number of ether oxygens (including phenoxy) is 1. The molecule has 0 fully saturated rings. The molecule has 9 heteroatoms. The van der Waals surface area contributed by atoms with Gasteiger partial charge in [0.05, 0.1) is 11.8 Å². The van der Waals surface area contributed by atoms with Gasteiger partial charge >= 0.3 is 12.1 Å². The number of alkyl halides is 3. The molecule has 5 nitrogen and oxygen atoms in total. The van der Waals surface area contributed by atoms with Crippen LogP contribution in [0.4, 0.5) is 17.6 Å². The molecule has 0 aromatic heterocycles. The summed E-state index contributed by atoms with van der Waals surface area (Å²) in [7, 11) is 0. The average molecular weight is 332 g/mol. The fraction of sp³-hybridized carbons (Fsp3) is 0.214. The molecule has 0 spiro atoms. The van der Waals surface area contributed by atoms with E-state index in [0.717, 1.165) is 18.3 Å². The number of carboxylic acids is 1. The van der Waals surface area contributed by atoms with Crippen molar-refractivity contribution in [3.05, 3.63) is 47.2 Å². The standard InChI is InChI=1S/C14H12F4N2O3/c1-8(9-3-4-10(13(21)22)11(15)5-9)20-12(6-19-2)23-7-14(16,17)18/h3-6H,2,7H2,1H3,(H,21,22)/b12-6+,20-8+. The Bertz CT molecular complexity index is 666. The summed E-state index contributed by atoms with van der Waals surface area (Å²) in [5.74, 6) is -2.89. The molecular formula is C14H12F4N2O3. The first-order valence-electron chi connectivity index (χ1n) is 6.08. The fourth-order valence-corrected chi connectivity index (χ4v) is 1.48. The second-order valence-corrected chi connectivity index (χ2v) is 4.25. The average Bonchev–Trinajstić information content (AvgIpc) is 2.43. The quantitative estimate of drug-likeness (QED) is 0.493. The Kier molecular flexibility index (Phi) is 6.00. The van der Waals surface area contributed by atoms with Crippen LogP contribution in [0.2, 0.25) is 0 Å². The minimum Gasteiger partial charge on any atom is -0.478 e. The van der Waals surface area contributed by atoms with Gasteiger partial charge < -0.3 is 9.84 Å². The lowest BCUT2D eigenvalue weighted by Crippen LogP contribution is -2.16. The number of benzene rings is 1. The Balaban J connectivity index is 3.04. The second-order valence-electron chi connectivity index (χ2n) is 4.25. The van der Waals surface area contributed by atoms with Crippen LogP contribution in [0, 0.1) is 5.82 Å². The maximum atomic E-state index is 13.6. The van der Waals surface area contributed by atoms with Crippen LogP contribution in [0.15, 0.2) is 40.3 Å². The SMILES string of the molecule is C=N/C=C(\N=C(/C)c1ccc(C(=O)O)c(F)c1)OCC(F)(F)F. The van der Waals surface area contributed by atoms with Crippen molar-refractivity contribution in [1.82, 2.24) is 0 Å². The topological polar surface area (TPSA) is 71.2 Å². The van der Waals surface area contributed by atoms with Crippen LogP contribution in [-0.4, -0.2) is 36.3 Å². The Labute approximate surface area is 128 Å². The van der Waals surface area contributed by atoms with E-state index in [9.17, 15) is 22.4 Å². The number of nitrogens with zero attached hydrogens (tertiary/aromatic N) is 2. The number of hydrogen-bond donors (Lipinski definition) is 1. The van der Waals surface area contributed by atoms with Gasteiger partial charge in [0.2, 0.25) is 5.88 Å². The van der Waals surface area contributed by atoms with E-state index in [1.54, 1.807) is 0 Å². The van der Waals surface area contributed by atoms with Crippen LogP contribution in [0.3, 0.4) is 0 Å². The fourth-order valence-electron chi connectivity index (χ4n) is 1.48. The van der Waals surface area contributed by atoms with Gasteiger partial charge in [-0.05, 0) is 31.3 Å². The van der Waals surface area contributed by atoms with Crippen molar-refractivity contribution >= 4 is 18.4 Å². The maximum Gasteiger partial charge on any atom is 0.422 e. The van der Waals surface area contributed by atoms with Crippen molar-refractivity contribution in [3.63, 3.8) is 0 Å². The number of halogens is 4. The minimum atomic E-state index is -4.56. The molecule has 0 saturated carbocycles. The van der Waals surface area contributed by atoms with Crippen LogP contribution in [0.1, 0.15) is 22.8 Å². The highest BCUT2D eigenvalue weighted by molar-refractivity contribution is 6.00. The molecular weight excluding hydrogens is 320 g/mol. The molecule has 0 bridgehead atoms. The molecule has 0 aliphatic heterocycles. The van der Waals surface area contributed by atoms with E-state index >= 15 is 0 Å². The van der Waals surface area contributed by atoms with Gasteiger partial charge in [-0.15, -0.1) is 0 Å². The zero-order valence-corrected chi connectivity index (χ0v) is 11.9. The highest BCUT2D eigenvalue weighted by atomic mass is 19.4. The number of hydrogen-bond acceptors (Lipinski definition) is 4. The van der Waals surface area contributed by atoms with Gasteiger partial charge in [-0.1, -0.05) is 6.07 Å². The number of rotatable bonds is 6. The van der Waals surface area contributed by atoms with Crippen LogP contribution in [-0.2, 0) is 4.74 Å². The number of carboxylic acid groups (broad SMARTS) is 1. The van der Waals surface area contributed by atoms with Gasteiger partial charge in [0.25, 0.3) is 0 Å². The van der Waals surface area contributed by atoms with Crippen molar-refractivity contribution in [2.75, 3.05) is 6.61 Å². The van der Waals surface area contributed by atoms with Gasteiger partial charge in [0, 0.05) is 5.71 Å². The Hall–Kier alpha value is -2.71. The van der Waals surface area contributed by atoms with Gasteiger partial charge in [-0.3, -0.25) is 4.99 Å². The molecule has 0 aliphatic rings. The lowest BCUT2D eigenvalue weighted by atomic mass is 10.1. The highest BCUT2D eigenvalue weighted by Gasteiger charge is 2.28. The summed E-state index contributed by atoms with van der Waals surface area (Å²) in [6, 6.07) is 3.21. The minimum absolute atomic E-state index is 0.109. The van der Waals surface area contributed by atoms with Gasteiger partial charge in [-0.25, -0.2) is 14.2 Å². The molecule has 0 heterocycles. The third-order valence-corrected chi connectivity index (χ3v) is 2.48. The second kappa shape index (κ2) is 7.52. The van der Waals surface area contributed by atoms with Crippen LogP contribution < -0.4 is 0 Å².